The summed E-state index contributed by atoms with van der Waals surface area (Å²) in [6, 6.07) is 4.61. The number of nitrogen functional groups attached to an aromatic ring is 1. The average Bonchev–Trinajstić information content (AvgIpc) is 2.37. The van der Waals surface area contributed by atoms with Crippen molar-refractivity contribution in [2.75, 3.05) is 12.8 Å². The van der Waals surface area contributed by atoms with Crippen molar-refractivity contribution in [3.8, 4) is 5.75 Å². The number of benzene rings is 1. The third kappa shape index (κ3) is 3.89. The summed E-state index contributed by atoms with van der Waals surface area (Å²) in [6.45, 7) is 4.35. The van der Waals surface area contributed by atoms with Gasteiger partial charge in [0.15, 0.2) is 0 Å². The number of sulfonamides is 1. The molecule has 6 heteroatoms. The van der Waals surface area contributed by atoms with Gasteiger partial charge < -0.3 is 10.5 Å². The molecule has 1 saturated carbocycles. The summed E-state index contributed by atoms with van der Waals surface area (Å²) in [4.78, 5) is 0.105. The number of nitrogens with one attached hydrogen (secondary N) is 1. The highest BCUT2D eigenvalue weighted by molar-refractivity contribution is 7.89. The Bertz CT molecular complexity index is 611. The normalized spacial score (nSPS) is 22.0. The lowest BCUT2D eigenvalue weighted by atomic mass is 9.75. The quantitative estimate of drug-likeness (QED) is 0.837. The fraction of sp³-hybridized carbons (Fsp3) is 0.600. The minimum absolute atomic E-state index is 0.0371. The molecule has 0 heterocycles. The van der Waals surface area contributed by atoms with Gasteiger partial charge >= 0.3 is 0 Å². The molecule has 0 amide bonds. The lowest BCUT2D eigenvalue weighted by molar-refractivity contribution is 0.212. The molecule has 1 unspecified atom stereocenters. The highest BCUT2D eigenvalue weighted by atomic mass is 32.2. The van der Waals surface area contributed by atoms with Crippen LogP contribution in [-0.4, -0.2) is 21.6 Å². The van der Waals surface area contributed by atoms with Crippen molar-refractivity contribution in [3.05, 3.63) is 18.2 Å². The first kappa shape index (κ1) is 16.1. The van der Waals surface area contributed by atoms with Crippen LogP contribution in [0.1, 0.15) is 39.5 Å². The third-order valence-electron chi connectivity index (χ3n) is 4.00. The first-order valence-electron chi connectivity index (χ1n) is 7.19. The molecule has 0 spiro atoms. The molecule has 1 fully saturated rings. The largest absolute Gasteiger partial charge is 0.495 e. The molecular weight excluding hydrogens is 288 g/mol. The Balaban J connectivity index is 2.24. The van der Waals surface area contributed by atoms with Crippen LogP contribution in [0.5, 0.6) is 5.75 Å². The number of anilines is 1. The van der Waals surface area contributed by atoms with Crippen molar-refractivity contribution >= 4 is 15.7 Å². The molecule has 0 aromatic heterocycles. The molecule has 118 valence electrons. The van der Waals surface area contributed by atoms with Gasteiger partial charge in [-0.2, -0.15) is 0 Å². The van der Waals surface area contributed by atoms with Gasteiger partial charge in [0, 0.05) is 11.7 Å². The number of rotatable bonds is 4. The first-order chi connectivity index (χ1) is 9.73. The van der Waals surface area contributed by atoms with Crippen molar-refractivity contribution in [2.45, 2.75) is 50.5 Å². The molecule has 1 aliphatic carbocycles. The maximum atomic E-state index is 12.6. The van der Waals surface area contributed by atoms with Gasteiger partial charge in [-0.1, -0.05) is 20.3 Å². The second kappa shape index (κ2) is 5.85. The summed E-state index contributed by atoms with van der Waals surface area (Å²) in [5, 5.41) is 0. The lowest BCUT2D eigenvalue weighted by Crippen LogP contribution is -2.40. The van der Waals surface area contributed by atoms with Gasteiger partial charge in [-0.3, -0.25) is 0 Å². The zero-order chi connectivity index (χ0) is 15.7. The second-order valence-corrected chi connectivity index (χ2v) is 8.17. The first-order valence-corrected chi connectivity index (χ1v) is 8.68. The molecule has 0 saturated heterocycles. The van der Waals surface area contributed by atoms with Crippen molar-refractivity contribution in [2.24, 2.45) is 5.41 Å². The molecule has 1 atom stereocenters. The Morgan fingerprint density at radius 3 is 2.71 bits per heavy atom. The van der Waals surface area contributed by atoms with E-state index >= 15 is 0 Å². The Kier molecular flexibility index (Phi) is 4.49. The van der Waals surface area contributed by atoms with Gasteiger partial charge in [0.2, 0.25) is 10.0 Å². The zero-order valence-electron chi connectivity index (χ0n) is 12.8. The molecule has 2 rings (SSSR count). The van der Waals surface area contributed by atoms with E-state index in [0.717, 1.165) is 25.7 Å². The van der Waals surface area contributed by atoms with E-state index in [0.29, 0.717) is 11.4 Å². The summed E-state index contributed by atoms with van der Waals surface area (Å²) in [5.74, 6) is 0.312. The summed E-state index contributed by atoms with van der Waals surface area (Å²) in [7, 11) is -2.18. The highest BCUT2D eigenvalue weighted by Gasteiger charge is 2.31. The fourth-order valence-corrected chi connectivity index (χ4v) is 4.46. The summed E-state index contributed by atoms with van der Waals surface area (Å²) in [5.41, 5.74) is 6.28. The Morgan fingerprint density at radius 1 is 1.38 bits per heavy atom. The molecule has 1 aromatic rings. The number of hydrogen-bond acceptors (Lipinski definition) is 4. The number of ether oxygens (including phenoxy) is 1. The Morgan fingerprint density at radius 2 is 2.10 bits per heavy atom. The van der Waals surface area contributed by atoms with Gasteiger partial charge in [-0.15, -0.1) is 0 Å². The number of methoxy groups -OCH3 is 1. The van der Waals surface area contributed by atoms with Crippen molar-refractivity contribution in [3.63, 3.8) is 0 Å². The number of nitrogens with two attached hydrogens (primary N) is 1. The van der Waals surface area contributed by atoms with Crippen LogP contribution in [-0.2, 0) is 10.0 Å². The highest BCUT2D eigenvalue weighted by Crippen LogP contribution is 2.36. The van der Waals surface area contributed by atoms with Gasteiger partial charge in [0.05, 0.1) is 7.11 Å². The van der Waals surface area contributed by atoms with Crippen LogP contribution in [0, 0.1) is 5.41 Å². The van der Waals surface area contributed by atoms with E-state index < -0.39 is 10.0 Å². The molecule has 21 heavy (non-hydrogen) atoms. The van der Waals surface area contributed by atoms with Crippen LogP contribution in [0.15, 0.2) is 23.1 Å². The standard InChI is InChI=1S/C15H24N2O3S/c1-15(2)8-4-5-12(10-15)17-21(18,19)14-9-11(16)6-7-13(14)20-3/h6-7,9,12,17H,4-5,8,10,16H2,1-3H3. The van der Waals surface area contributed by atoms with E-state index in [9.17, 15) is 8.42 Å². The monoisotopic (exact) mass is 312 g/mol. The Hall–Kier alpha value is -1.27. The number of hydrogen-bond donors (Lipinski definition) is 2. The van der Waals surface area contributed by atoms with E-state index in [2.05, 4.69) is 18.6 Å². The van der Waals surface area contributed by atoms with Gasteiger partial charge in [-0.25, -0.2) is 13.1 Å². The predicted octanol–water partition coefficient (Wildman–Crippen LogP) is 2.52. The summed E-state index contributed by atoms with van der Waals surface area (Å²) >= 11 is 0. The van der Waals surface area contributed by atoms with E-state index in [1.165, 1.54) is 13.2 Å². The molecule has 0 radical (unpaired) electrons. The minimum atomic E-state index is -3.63. The SMILES string of the molecule is COc1ccc(N)cc1S(=O)(=O)NC1CCCC(C)(C)C1. The van der Waals surface area contributed by atoms with Crippen molar-refractivity contribution < 1.29 is 13.2 Å². The van der Waals surface area contributed by atoms with Crippen LogP contribution in [0.4, 0.5) is 5.69 Å². The maximum Gasteiger partial charge on any atom is 0.244 e. The van der Waals surface area contributed by atoms with Crippen molar-refractivity contribution in [1.29, 1.82) is 0 Å². The van der Waals surface area contributed by atoms with Crippen LogP contribution in [0.3, 0.4) is 0 Å². The maximum absolute atomic E-state index is 12.6. The average molecular weight is 312 g/mol. The molecule has 5 nitrogen and oxygen atoms in total. The van der Waals surface area contributed by atoms with Crippen molar-refractivity contribution in [1.82, 2.24) is 4.72 Å². The minimum Gasteiger partial charge on any atom is -0.495 e. The van der Waals surface area contributed by atoms with E-state index in [1.807, 2.05) is 0 Å². The lowest BCUT2D eigenvalue weighted by Gasteiger charge is -2.35. The molecular formula is C15H24N2O3S. The molecule has 0 bridgehead atoms. The van der Waals surface area contributed by atoms with E-state index in [4.69, 9.17) is 10.5 Å². The van der Waals surface area contributed by atoms with Gasteiger partial charge in [-0.05, 0) is 42.9 Å². The van der Waals surface area contributed by atoms with E-state index in [-0.39, 0.29) is 16.4 Å². The summed E-state index contributed by atoms with van der Waals surface area (Å²) in [6.07, 6.45) is 3.88. The second-order valence-electron chi connectivity index (χ2n) is 6.49. The van der Waals surface area contributed by atoms with Crippen LogP contribution in [0.2, 0.25) is 0 Å². The molecule has 0 aliphatic heterocycles. The van der Waals surface area contributed by atoms with Gasteiger partial charge in [0.25, 0.3) is 0 Å². The van der Waals surface area contributed by atoms with Crippen LogP contribution in [0.25, 0.3) is 0 Å². The fourth-order valence-electron chi connectivity index (χ4n) is 2.98. The van der Waals surface area contributed by atoms with Gasteiger partial charge in [0.1, 0.15) is 10.6 Å². The molecule has 3 N–H and O–H groups in total. The smallest absolute Gasteiger partial charge is 0.244 e. The predicted molar refractivity (Wildman–Crippen MR) is 83.8 cm³/mol. The zero-order valence-corrected chi connectivity index (χ0v) is 13.7. The third-order valence-corrected chi connectivity index (χ3v) is 5.55. The van der Waals surface area contributed by atoms with E-state index in [1.54, 1.807) is 12.1 Å². The van der Waals surface area contributed by atoms with Crippen LogP contribution >= 0.6 is 0 Å². The molecule has 1 aliphatic rings. The molecule has 1 aromatic carbocycles. The van der Waals surface area contributed by atoms with Crippen LogP contribution < -0.4 is 15.2 Å². The topological polar surface area (TPSA) is 81.4 Å². The summed E-state index contributed by atoms with van der Waals surface area (Å²) < 4.78 is 33.1. The Labute approximate surface area is 126 Å².